The Morgan fingerprint density at radius 3 is 2.64 bits per heavy atom. The molecule has 6 N–H and O–H groups in total. The van der Waals surface area contributed by atoms with Gasteiger partial charge in [-0.1, -0.05) is 18.2 Å². The number of H-pyrrole nitrogens is 1. The second-order valence-electron chi connectivity index (χ2n) is 5.87. The predicted molar refractivity (Wildman–Crippen MR) is 95.5 cm³/mol. The van der Waals surface area contributed by atoms with E-state index in [2.05, 4.69) is 15.3 Å². The van der Waals surface area contributed by atoms with Crippen molar-refractivity contribution in [2.24, 2.45) is 11.5 Å². The topological polar surface area (TPSA) is 110 Å². The summed E-state index contributed by atoms with van der Waals surface area (Å²) in [7, 11) is 0. The second kappa shape index (κ2) is 7.42. The lowest BCUT2D eigenvalue weighted by Crippen LogP contribution is -2.38. The molecule has 0 aliphatic rings. The van der Waals surface area contributed by atoms with Gasteiger partial charge >= 0.3 is 0 Å². The Morgan fingerprint density at radius 2 is 1.92 bits per heavy atom. The Morgan fingerprint density at radius 1 is 1.20 bits per heavy atom. The summed E-state index contributed by atoms with van der Waals surface area (Å²) in [6.07, 6.45) is 0.640. The molecule has 1 heterocycles. The average molecular weight is 341 g/mol. The predicted octanol–water partition coefficient (Wildman–Crippen LogP) is 1.77. The van der Waals surface area contributed by atoms with Gasteiger partial charge in [0, 0.05) is 12.6 Å². The van der Waals surface area contributed by atoms with E-state index in [4.69, 9.17) is 11.5 Å². The lowest BCUT2D eigenvalue weighted by atomic mass is 10.1. The Bertz CT molecular complexity index is 875. The van der Waals surface area contributed by atoms with Crippen LogP contribution < -0.4 is 16.8 Å². The molecule has 0 spiro atoms. The number of hydrogen-bond acceptors (Lipinski definition) is 4. The number of nitrogens with one attached hydrogen (secondary N) is 2. The molecule has 0 saturated heterocycles. The number of benzene rings is 2. The minimum atomic E-state index is -0.313. The van der Waals surface area contributed by atoms with Crippen molar-refractivity contribution in [3.05, 3.63) is 54.1 Å². The quantitative estimate of drug-likeness (QED) is 0.548. The lowest BCUT2D eigenvalue weighted by Gasteiger charge is -2.10. The molecule has 0 fully saturated rings. The number of amides is 1. The molecule has 0 saturated carbocycles. The minimum Gasteiger partial charge on any atom is -0.348 e. The number of aromatic nitrogens is 2. The normalized spacial score (nSPS) is 12.3. The van der Waals surface area contributed by atoms with Crippen LogP contribution in [0.15, 0.2) is 42.5 Å². The van der Waals surface area contributed by atoms with Gasteiger partial charge in [-0.05, 0) is 48.4 Å². The molecule has 130 valence electrons. The van der Waals surface area contributed by atoms with Crippen LogP contribution >= 0.6 is 0 Å². The van der Waals surface area contributed by atoms with Crippen LogP contribution in [0.4, 0.5) is 4.39 Å². The number of imidazole rings is 1. The van der Waals surface area contributed by atoms with E-state index < -0.39 is 0 Å². The third-order valence-corrected chi connectivity index (χ3v) is 3.94. The molecule has 0 aliphatic heterocycles. The van der Waals surface area contributed by atoms with E-state index in [1.807, 2.05) is 18.2 Å². The summed E-state index contributed by atoms with van der Waals surface area (Å²) in [6, 6.07) is 11.6. The molecule has 2 aromatic carbocycles. The van der Waals surface area contributed by atoms with Gasteiger partial charge in [-0.25, -0.2) is 9.37 Å². The van der Waals surface area contributed by atoms with Crippen molar-refractivity contribution in [2.45, 2.75) is 12.5 Å². The SMILES string of the molecule is NCCC(N)CNC(=O)c1nc2ccc(-c3ccc(F)cc3)cc2[nH]1. The van der Waals surface area contributed by atoms with Crippen molar-refractivity contribution in [3.63, 3.8) is 0 Å². The van der Waals surface area contributed by atoms with Gasteiger partial charge in [0.25, 0.3) is 5.91 Å². The van der Waals surface area contributed by atoms with Crippen LogP contribution in [0.2, 0.25) is 0 Å². The first-order chi connectivity index (χ1) is 12.1. The van der Waals surface area contributed by atoms with Crippen molar-refractivity contribution >= 4 is 16.9 Å². The summed E-state index contributed by atoms with van der Waals surface area (Å²) in [5.41, 5.74) is 14.5. The highest BCUT2D eigenvalue weighted by Gasteiger charge is 2.13. The molecule has 0 bridgehead atoms. The number of nitrogens with zero attached hydrogens (tertiary/aromatic N) is 1. The fourth-order valence-electron chi connectivity index (χ4n) is 2.56. The van der Waals surface area contributed by atoms with Gasteiger partial charge in [0.2, 0.25) is 0 Å². The molecule has 1 unspecified atom stereocenters. The fraction of sp³-hybridized carbons (Fsp3) is 0.222. The van der Waals surface area contributed by atoms with Crippen molar-refractivity contribution in [2.75, 3.05) is 13.1 Å². The molecule has 1 amide bonds. The van der Waals surface area contributed by atoms with E-state index in [1.54, 1.807) is 12.1 Å². The molecule has 0 aliphatic carbocycles. The molecular weight excluding hydrogens is 321 g/mol. The molecule has 6 nitrogen and oxygen atoms in total. The van der Waals surface area contributed by atoms with Crippen LogP contribution in [-0.2, 0) is 0 Å². The van der Waals surface area contributed by atoms with Crippen molar-refractivity contribution in [1.29, 1.82) is 0 Å². The first-order valence-corrected chi connectivity index (χ1v) is 8.06. The van der Waals surface area contributed by atoms with Crippen LogP contribution in [-0.4, -0.2) is 35.0 Å². The minimum absolute atomic E-state index is 0.177. The first-order valence-electron chi connectivity index (χ1n) is 8.06. The van der Waals surface area contributed by atoms with E-state index in [0.717, 1.165) is 16.6 Å². The van der Waals surface area contributed by atoms with Crippen LogP contribution in [0.3, 0.4) is 0 Å². The van der Waals surface area contributed by atoms with Gasteiger partial charge in [-0.2, -0.15) is 0 Å². The van der Waals surface area contributed by atoms with E-state index in [0.29, 0.717) is 25.0 Å². The molecular formula is C18H20FN5O. The highest BCUT2D eigenvalue weighted by Crippen LogP contribution is 2.23. The number of carbonyl (C=O) groups is 1. The third-order valence-electron chi connectivity index (χ3n) is 3.94. The summed E-state index contributed by atoms with van der Waals surface area (Å²) in [5, 5.41) is 2.74. The molecule has 1 aromatic heterocycles. The molecule has 0 radical (unpaired) electrons. The molecule has 7 heteroatoms. The van der Waals surface area contributed by atoms with Crippen LogP contribution in [0.1, 0.15) is 17.0 Å². The van der Waals surface area contributed by atoms with Gasteiger partial charge in [0.1, 0.15) is 5.82 Å². The summed E-state index contributed by atoms with van der Waals surface area (Å²) in [5.74, 6) is -0.364. The lowest BCUT2D eigenvalue weighted by molar-refractivity contribution is 0.0941. The van der Waals surface area contributed by atoms with Gasteiger partial charge < -0.3 is 21.8 Å². The van der Waals surface area contributed by atoms with Crippen LogP contribution in [0, 0.1) is 5.82 Å². The number of carbonyl (C=O) groups excluding carboxylic acids is 1. The second-order valence-corrected chi connectivity index (χ2v) is 5.87. The van der Waals surface area contributed by atoms with Crippen LogP contribution in [0.25, 0.3) is 22.2 Å². The maximum absolute atomic E-state index is 13.0. The highest BCUT2D eigenvalue weighted by molar-refractivity contribution is 5.94. The third kappa shape index (κ3) is 4.01. The van der Waals surface area contributed by atoms with Crippen molar-refractivity contribution < 1.29 is 9.18 Å². The Balaban J connectivity index is 1.78. The zero-order chi connectivity index (χ0) is 17.8. The Hall–Kier alpha value is -2.77. The summed E-state index contributed by atoms with van der Waals surface area (Å²) >= 11 is 0. The number of rotatable bonds is 6. The van der Waals surface area contributed by atoms with Gasteiger partial charge in [-0.3, -0.25) is 4.79 Å². The van der Waals surface area contributed by atoms with E-state index >= 15 is 0 Å². The Kier molecular flexibility index (Phi) is 5.06. The maximum Gasteiger partial charge on any atom is 0.287 e. The monoisotopic (exact) mass is 341 g/mol. The summed E-state index contributed by atoms with van der Waals surface area (Å²) < 4.78 is 13.0. The fourth-order valence-corrected chi connectivity index (χ4v) is 2.56. The zero-order valence-corrected chi connectivity index (χ0v) is 13.6. The van der Waals surface area contributed by atoms with Gasteiger partial charge in [-0.15, -0.1) is 0 Å². The van der Waals surface area contributed by atoms with Gasteiger partial charge in [0.05, 0.1) is 11.0 Å². The zero-order valence-electron chi connectivity index (χ0n) is 13.6. The maximum atomic E-state index is 13.0. The number of aromatic amines is 1. The number of halogens is 1. The van der Waals surface area contributed by atoms with Crippen molar-refractivity contribution in [1.82, 2.24) is 15.3 Å². The molecule has 25 heavy (non-hydrogen) atoms. The highest BCUT2D eigenvalue weighted by atomic mass is 19.1. The molecule has 3 rings (SSSR count). The number of nitrogens with two attached hydrogens (primary N) is 2. The average Bonchev–Trinajstić information content (AvgIpc) is 3.04. The number of fused-ring (bicyclic) bond motifs is 1. The van der Waals surface area contributed by atoms with E-state index in [-0.39, 0.29) is 23.6 Å². The van der Waals surface area contributed by atoms with E-state index in [1.165, 1.54) is 12.1 Å². The summed E-state index contributed by atoms with van der Waals surface area (Å²) in [6.45, 7) is 0.821. The number of hydrogen-bond donors (Lipinski definition) is 4. The van der Waals surface area contributed by atoms with E-state index in [9.17, 15) is 9.18 Å². The van der Waals surface area contributed by atoms with Crippen molar-refractivity contribution in [3.8, 4) is 11.1 Å². The molecule has 3 aromatic rings. The smallest absolute Gasteiger partial charge is 0.287 e. The standard InChI is InChI=1S/C18H20FN5O/c19-13-4-1-11(2-5-13)12-3-6-15-16(9-12)24-17(23-15)18(25)22-10-14(21)7-8-20/h1-6,9,14H,7-8,10,20-21H2,(H,22,25)(H,23,24). The molecule has 1 atom stereocenters. The first kappa shape index (κ1) is 17.1. The summed E-state index contributed by atoms with van der Waals surface area (Å²) in [4.78, 5) is 19.5. The van der Waals surface area contributed by atoms with Gasteiger partial charge in [0.15, 0.2) is 5.82 Å². The largest absolute Gasteiger partial charge is 0.348 e. The Labute approximate surface area is 144 Å². The van der Waals surface area contributed by atoms with Crippen LogP contribution in [0.5, 0.6) is 0 Å².